The number of sulfone groups is 1. The van der Waals surface area contributed by atoms with Crippen LogP contribution in [0.3, 0.4) is 0 Å². The van der Waals surface area contributed by atoms with Crippen LogP contribution in [-0.4, -0.2) is 61.7 Å². The molecular formula is C27H24Cl2N2O8S. The second-order valence-corrected chi connectivity index (χ2v) is 12.4. The summed E-state index contributed by atoms with van der Waals surface area (Å²) in [6.45, 7) is 1.18. The fourth-order valence-electron chi connectivity index (χ4n) is 4.81. The highest BCUT2D eigenvalue weighted by Gasteiger charge is 2.30. The van der Waals surface area contributed by atoms with Crippen molar-refractivity contribution in [2.45, 2.75) is 36.9 Å². The zero-order valence-corrected chi connectivity index (χ0v) is 23.5. The number of hydrogen-bond donors (Lipinski definition) is 2. The van der Waals surface area contributed by atoms with Gasteiger partial charge in [0.1, 0.15) is 17.6 Å². The second-order valence-electron chi connectivity index (χ2n) is 9.64. The molecule has 5 rings (SSSR count). The van der Waals surface area contributed by atoms with Crippen molar-refractivity contribution in [1.82, 2.24) is 10.2 Å². The molecule has 2 N–H and O–H groups in total. The molecule has 0 saturated heterocycles. The lowest BCUT2D eigenvalue weighted by Gasteiger charge is -2.30. The van der Waals surface area contributed by atoms with Crippen molar-refractivity contribution >= 4 is 50.8 Å². The summed E-state index contributed by atoms with van der Waals surface area (Å²) < 4.78 is 34.1. The minimum absolute atomic E-state index is 0.00276. The predicted molar refractivity (Wildman–Crippen MR) is 145 cm³/mol. The van der Waals surface area contributed by atoms with E-state index >= 15 is 0 Å². The summed E-state index contributed by atoms with van der Waals surface area (Å²) in [4.78, 5) is 39.9. The van der Waals surface area contributed by atoms with Crippen LogP contribution in [0.5, 0.6) is 5.75 Å². The van der Waals surface area contributed by atoms with Crippen LogP contribution in [0.25, 0.3) is 0 Å². The van der Waals surface area contributed by atoms with E-state index in [4.69, 9.17) is 32.4 Å². The fourth-order valence-corrected chi connectivity index (χ4v) is 6.15. The van der Waals surface area contributed by atoms with E-state index in [0.29, 0.717) is 42.0 Å². The van der Waals surface area contributed by atoms with Crippen LogP contribution in [0.4, 0.5) is 0 Å². The summed E-state index contributed by atoms with van der Waals surface area (Å²) in [5.41, 5.74) is 2.82. The fraction of sp³-hybridized carbons (Fsp3) is 0.296. The quantitative estimate of drug-likeness (QED) is 0.415. The van der Waals surface area contributed by atoms with Crippen LogP contribution in [0.2, 0.25) is 10.0 Å². The lowest BCUT2D eigenvalue weighted by atomic mass is 9.95. The Morgan fingerprint density at radius 1 is 1.10 bits per heavy atom. The van der Waals surface area contributed by atoms with Crippen molar-refractivity contribution < 1.29 is 37.1 Å². The van der Waals surface area contributed by atoms with Crippen LogP contribution in [0.1, 0.15) is 43.2 Å². The largest absolute Gasteiger partial charge is 0.493 e. The first-order valence-corrected chi connectivity index (χ1v) is 14.9. The molecule has 0 spiro atoms. The van der Waals surface area contributed by atoms with Crippen LogP contribution in [0, 0.1) is 0 Å². The molecule has 0 aliphatic carbocycles. The number of carboxylic acids is 1. The van der Waals surface area contributed by atoms with Gasteiger partial charge in [0.25, 0.3) is 11.8 Å². The maximum Gasteiger partial charge on any atom is 0.326 e. The molecule has 40 heavy (non-hydrogen) atoms. The number of nitrogens with zero attached hydrogens (tertiary/aromatic N) is 1. The third-order valence-electron chi connectivity index (χ3n) is 6.87. The Morgan fingerprint density at radius 3 is 2.58 bits per heavy atom. The second kappa shape index (κ2) is 10.8. The lowest BCUT2D eigenvalue weighted by Crippen LogP contribution is -2.42. The van der Waals surface area contributed by atoms with Crippen molar-refractivity contribution in [3.63, 3.8) is 0 Å². The molecule has 0 unspecified atom stereocenters. The maximum absolute atomic E-state index is 13.2. The molecule has 0 bridgehead atoms. The Balaban J connectivity index is 1.33. The molecule has 1 aromatic heterocycles. The number of rotatable bonds is 7. The van der Waals surface area contributed by atoms with Crippen molar-refractivity contribution in [2.75, 3.05) is 19.4 Å². The van der Waals surface area contributed by atoms with Crippen molar-refractivity contribution in [3.05, 3.63) is 80.0 Å². The first-order valence-electron chi connectivity index (χ1n) is 12.3. The first-order chi connectivity index (χ1) is 18.9. The Morgan fingerprint density at radius 2 is 1.88 bits per heavy atom. The average molecular weight is 607 g/mol. The normalized spacial score (nSPS) is 15.1. The summed E-state index contributed by atoms with van der Waals surface area (Å²) >= 11 is 13.1. The van der Waals surface area contributed by atoms with E-state index in [1.807, 2.05) is 6.07 Å². The van der Waals surface area contributed by atoms with Crippen LogP contribution < -0.4 is 10.1 Å². The van der Waals surface area contributed by atoms with Crippen molar-refractivity contribution in [2.24, 2.45) is 0 Å². The Bertz CT molecular complexity index is 1650. The van der Waals surface area contributed by atoms with Gasteiger partial charge in [-0.25, -0.2) is 13.2 Å². The van der Waals surface area contributed by atoms with E-state index in [1.165, 1.54) is 12.1 Å². The van der Waals surface area contributed by atoms with Crippen molar-refractivity contribution in [3.8, 4) is 5.75 Å². The highest BCUT2D eigenvalue weighted by atomic mass is 35.5. The molecule has 13 heteroatoms. The minimum Gasteiger partial charge on any atom is -0.493 e. The number of aliphatic carboxylic acids is 1. The molecule has 0 fully saturated rings. The molecule has 2 aliphatic rings. The van der Waals surface area contributed by atoms with E-state index in [9.17, 15) is 27.9 Å². The van der Waals surface area contributed by atoms with Gasteiger partial charge in [0.05, 0.1) is 22.2 Å². The maximum atomic E-state index is 13.2. The predicted octanol–water partition coefficient (Wildman–Crippen LogP) is 3.55. The number of carbonyl (C=O) groups is 3. The zero-order valence-electron chi connectivity index (χ0n) is 21.2. The smallest absolute Gasteiger partial charge is 0.326 e. The number of halogens is 2. The molecule has 1 atom stereocenters. The summed E-state index contributed by atoms with van der Waals surface area (Å²) in [5.74, 6) is -1.55. The number of hydrogen-bond acceptors (Lipinski definition) is 7. The van der Waals surface area contributed by atoms with Gasteiger partial charge in [0, 0.05) is 37.8 Å². The van der Waals surface area contributed by atoms with Gasteiger partial charge in [-0.3, -0.25) is 9.59 Å². The molecule has 3 heterocycles. The third kappa shape index (κ3) is 5.54. The van der Waals surface area contributed by atoms with Gasteiger partial charge in [0.2, 0.25) is 14.9 Å². The summed E-state index contributed by atoms with van der Waals surface area (Å²) in [6.07, 6.45) is 1.83. The lowest BCUT2D eigenvalue weighted by molar-refractivity contribution is -0.139. The number of furan rings is 1. The Kier molecular flexibility index (Phi) is 7.56. The van der Waals surface area contributed by atoms with Gasteiger partial charge >= 0.3 is 5.97 Å². The summed E-state index contributed by atoms with van der Waals surface area (Å²) in [7, 11) is -3.62. The first kappa shape index (κ1) is 28.0. The Labute approximate surface area is 239 Å². The van der Waals surface area contributed by atoms with Crippen molar-refractivity contribution in [1.29, 1.82) is 0 Å². The number of fused-ring (bicyclic) bond motifs is 2. The third-order valence-corrected chi connectivity index (χ3v) is 8.54. The molecule has 210 valence electrons. The molecule has 0 radical (unpaired) electrons. The van der Waals surface area contributed by atoms with Crippen LogP contribution >= 0.6 is 23.2 Å². The van der Waals surface area contributed by atoms with E-state index in [2.05, 4.69) is 5.32 Å². The molecule has 2 aliphatic heterocycles. The van der Waals surface area contributed by atoms with Gasteiger partial charge in [-0.15, -0.1) is 0 Å². The van der Waals surface area contributed by atoms with Gasteiger partial charge in [0.15, 0.2) is 0 Å². The minimum atomic E-state index is -3.62. The summed E-state index contributed by atoms with van der Waals surface area (Å²) in [5, 5.41) is 11.8. The van der Waals surface area contributed by atoms with Crippen LogP contribution in [0.15, 0.2) is 45.9 Å². The molecule has 3 aromatic rings. The van der Waals surface area contributed by atoms with Gasteiger partial charge in [-0.1, -0.05) is 29.3 Å². The van der Waals surface area contributed by atoms with Gasteiger partial charge in [-0.05, 0) is 53.4 Å². The molecular weight excluding hydrogens is 583 g/mol. The number of benzene rings is 2. The standard InChI is InChI=1S/C27H24Cl2N2O8S/c1-40(36,37)22-5-4-17(39-22)12-20(27(34)35)30-25(32)23-19(28)10-16-13-31(8-6-18(16)24(23)29)26(33)15-3-2-14-7-9-38-21(14)11-15/h2-5,10-11,20H,6-9,12-13H2,1H3,(H,30,32)(H,34,35)/t20-/m0/s1. The number of amides is 2. The Hall–Kier alpha value is -3.54. The van der Waals surface area contributed by atoms with Crippen LogP contribution in [-0.2, 0) is 40.4 Å². The van der Waals surface area contributed by atoms with E-state index in [1.54, 1.807) is 23.1 Å². The number of carboxylic acid groups (broad SMARTS) is 1. The van der Waals surface area contributed by atoms with E-state index < -0.39 is 27.8 Å². The van der Waals surface area contributed by atoms with Gasteiger partial charge in [-0.2, -0.15) is 0 Å². The SMILES string of the molecule is CS(=O)(=O)c1ccc(C[C@H](NC(=O)c2c(Cl)cc3c(c2Cl)CCN(C(=O)c2ccc4c(c2)OCC4)C3)C(=O)O)o1. The summed E-state index contributed by atoms with van der Waals surface area (Å²) in [6, 6.07) is 8.09. The van der Waals surface area contributed by atoms with E-state index in [-0.39, 0.29) is 45.3 Å². The van der Waals surface area contributed by atoms with Gasteiger partial charge < -0.3 is 24.5 Å². The highest BCUT2D eigenvalue weighted by Crippen LogP contribution is 2.35. The number of carbonyl (C=O) groups excluding carboxylic acids is 2. The monoisotopic (exact) mass is 606 g/mol. The molecule has 10 nitrogen and oxygen atoms in total. The molecule has 2 aromatic carbocycles. The molecule has 2 amide bonds. The number of nitrogens with one attached hydrogen (secondary N) is 1. The van der Waals surface area contributed by atoms with E-state index in [0.717, 1.165) is 18.2 Å². The zero-order chi connectivity index (χ0) is 28.8. The average Bonchev–Trinajstić information content (AvgIpc) is 3.56. The molecule has 0 saturated carbocycles. The highest BCUT2D eigenvalue weighted by molar-refractivity contribution is 7.90. The topological polar surface area (TPSA) is 143 Å². The number of ether oxygens (including phenoxy) is 1.